The first-order valence-corrected chi connectivity index (χ1v) is 7.27. The average molecular weight is 265 g/mol. The zero-order chi connectivity index (χ0) is 12.9. The van der Waals surface area contributed by atoms with Crippen molar-refractivity contribution in [3.05, 3.63) is 77.0 Å². The molecule has 0 radical (unpaired) electrons. The fourth-order valence-electron chi connectivity index (χ4n) is 2.10. The van der Waals surface area contributed by atoms with Gasteiger partial charge in [0.15, 0.2) is 0 Å². The van der Waals surface area contributed by atoms with Gasteiger partial charge in [-0.3, -0.25) is 0 Å². The summed E-state index contributed by atoms with van der Waals surface area (Å²) in [7, 11) is 0. The maximum absolute atomic E-state index is 3.52. The van der Waals surface area contributed by atoms with Gasteiger partial charge in [-0.1, -0.05) is 48.5 Å². The summed E-state index contributed by atoms with van der Waals surface area (Å²) >= 11 is 1.74. The second-order valence-corrected chi connectivity index (χ2v) is 5.18. The fourth-order valence-corrected chi connectivity index (χ4v) is 2.77. The maximum atomic E-state index is 3.52. The van der Waals surface area contributed by atoms with Gasteiger partial charge in [-0.15, -0.1) is 0 Å². The van der Waals surface area contributed by atoms with Crippen LogP contribution in [-0.2, 0) is 6.54 Å². The van der Waals surface area contributed by atoms with E-state index in [0.29, 0.717) is 0 Å². The van der Waals surface area contributed by atoms with Crippen LogP contribution in [0.2, 0.25) is 0 Å². The van der Waals surface area contributed by atoms with E-state index in [1.807, 2.05) is 6.07 Å². The summed E-state index contributed by atoms with van der Waals surface area (Å²) in [4.78, 5) is 0. The molecule has 2 aromatic carbocycles. The fraction of sp³-hybridized carbons (Fsp3) is 0.0588. The molecule has 0 unspecified atom stereocenters. The molecule has 0 spiro atoms. The molecule has 0 aliphatic heterocycles. The Morgan fingerprint density at radius 1 is 0.842 bits per heavy atom. The largest absolute Gasteiger partial charge is 0.380 e. The number of thiophene rings is 1. The third kappa shape index (κ3) is 2.85. The molecule has 0 bridgehead atoms. The molecular weight excluding hydrogens is 250 g/mol. The van der Waals surface area contributed by atoms with Crippen molar-refractivity contribution in [2.24, 2.45) is 0 Å². The standard InChI is InChI=1S/C17H15NS/c1-2-6-15(7-3-1)16-8-4-5-9-17(16)18-12-14-10-11-19-13-14/h1-11,13,18H,12H2. The highest BCUT2D eigenvalue weighted by atomic mass is 32.1. The molecule has 19 heavy (non-hydrogen) atoms. The minimum Gasteiger partial charge on any atom is -0.380 e. The Bertz CT molecular complexity index is 629. The third-order valence-corrected chi connectivity index (χ3v) is 3.81. The first kappa shape index (κ1) is 12.0. The lowest BCUT2D eigenvalue weighted by Crippen LogP contribution is -1.99. The van der Waals surface area contributed by atoms with Crippen molar-refractivity contribution in [2.75, 3.05) is 5.32 Å². The van der Waals surface area contributed by atoms with Crippen LogP contribution < -0.4 is 5.32 Å². The monoisotopic (exact) mass is 265 g/mol. The van der Waals surface area contributed by atoms with E-state index < -0.39 is 0 Å². The van der Waals surface area contributed by atoms with Gasteiger partial charge in [0.1, 0.15) is 0 Å². The lowest BCUT2D eigenvalue weighted by molar-refractivity contribution is 1.16. The molecule has 1 nitrogen and oxygen atoms in total. The molecule has 0 saturated carbocycles. The molecule has 1 aromatic heterocycles. The lowest BCUT2D eigenvalue weighted by Gasteiger charge is -2.11. The lowest BCUT2D eigenvalue weighted by atomic mass is 10.0. The van der Waals surface area contributed by atoms with E-state index in [9.17, 15) is 0 Å². The van der Waals surface area contributed by atoms with Crippen LogP contribution >= 0.6 is 11.3 Å². The highest BCUT2D eigenvalue weighted by Gasteiger charge is 2.03. The van der Waals surface area contributed by atoms with E-state index >= 15 is 0 Å². The van der Waals surface area contributed by atoms with E-state index in [-0.39, 0.29) is 0 Å². The van der Waals surface area contributed by atoms with Gasteiger partial charge >= 0.3 is 0 Å². The molecule has 1 N–H and O–H groups in total. The normalized spacial score (nSPS) is 10.3. The summed E-state index contributed by atoms with van der Waals surface area (Å²) in [5, 5.41) is 7.81. The van der Waals surface area contributed by atoms with Crippen molar-refractivity contribution in [1.29, 1.82) is 0 Å². The van der Waals surface area contributed by atoms with Gasteiger partial charge in [0.2, 0.25) is 0 Å². The van der Waals surface area contributed by atoms with Crippen LogP contribution in [0, 0.1) is 0 Å². The van der Waals surface area contributed by atoms with Gasteiger partial charge in [-0.05, 0) is 34.0 Å². The number of rotatable bonds is 4. The van der Waals surface area contributed by atoms with Crippen molar-refractivity contribution < 1.29 is 0 Å². The van der Waals surface area contributed by atoms with E-state index in [0.717, 1.165) is 6.54 Å². The minimum absolute atomic E-state index is 0.868. The Labute approximate surface area is 117 Å². The average Bonchev–Trinajstić information content (AvgIpc) is 3.00. The van der Waals surface area contributed by atoms with Crippen LogP contribution in [0.4, 0.5) is 5.69 Å². The second-order valence-electron chi connectivity index (χ2n) is 4.40. The van der Waals surface area contributed by atoms with Gasteiger partial charge in [-0.2, -0.15) is 11.3 Å². The summed E-state index contributed by atoms with van der Waals surface area (Å²) in [5.74, 6) is 0. The Hall–Kier alpha value is -2.06. The maximum Gasteiger partial charge on any atom is 0.0422 e. The zero-order valence-corrected chi connectivity index (χ0v) is 11.4. The molecule has 0 atom stereocenters. The van der Waals surface area contributed by atoms with Crippen LogP contribution in [-0.4, -0.2) is 0 Å². The molecule has 3 rings (SSSR count). The van der Waals surface area contributed by atoms with Gasteiger partial charge in [-0.25, -0.2) is 0 Å². The highest BCUT2D eigenvalue weighted by Crippen LogP contribution is 2.27. The Morgan fingerprint density at radius 3 is 2.42 bits per heavy atom. The molecule has 3 aromatic rings. The summed E-state index contributed by atoms with van der Waals surface area (Å²) in [6.07, 6.45) is 0. The van der Waals surface area contributed by atoms with E-state index in [2.05, 4.69) is 70.7 Å². The third-order valence-electron chi connectivity index (χ3n) is 3.07. The quantitative estimate of drug-likeness (QED) is 0.698. The van der Waals surface area contributed by atoms with Crippen LogP contribution in [0.3, 0.4) is 0 Å². The van der Waals surface area contributed by atoms with Crippen LogP contribution in [0.25, 0.3) is 11.1 Å². The number of para-hydroxylation sites is 1. The van der Waals surface area contributed by atoms with E-state index in [1.54, 1.807) is 11.3 Å². The molecule has 0 aliphatic rings. The van der Waals surface area contributed by atoms with E-state index in [1.165, 1.54) is 22.4 Å². The van der Waals surface area contributed by atoms with Crippen molar-refractivity contribution in [1.82, 2.24) is 0 Å². The number of hydrogen-bond donors (Lipinski definition) is 1. The first-order valence-electron chi connectivity index (χ1n) is 6.33. The van der Waals surface area contributed by atoms with Crippen LogP contribution in [0.15, 0.2) is 71.4 Å². The smallest absolute Gasteiger partial charge is 0.0422 e. The summed E-state index contributed by atoms with van der Waals surface area (Å²) < 4.78 is 0. The molecule has 94 valence electrons. The zero-order valence-electron chi connectivity index (χ0n) is 10.5. The number of nitrogens with one attached hydrogen (secondary N) is 1. The molecule has 0 fully saturated rings. The summed E-state index contributed by atoms with van der Waals surface area (Å²) in [6.45, 7) is 0.868. The minimum atomic E-state index is 0.868. The molecule has 0 amide bonds. The predicted molar refractivity (Wildman–Crippen MR) is 83.5 cm³/mol. The molecule has 0 saturated heterocycles. The Morgan fingerprint density at radius 2 is 1.63 bits per heavy atom. The number of anilines is 1. The van der Waals surface area contributed by atoms with Crippen LogP contribution in [0.5, 0.6) is 0 Å². The molecule has 2 heteroatoms. The van der Waals surface area contributed by atoms with Crippen molar-refractivity contribution in [3.8, 4) is 11.1 Å². The molecule has 1 heterocycles. The first-order chi connectivity index (χ1) is 9.43. The van der Waals surface area contributed by atoms with Gasteiger partial charge in [0.05, 0.1) is 0 Å². The molecular formula is C17H15NS. The number of benzene rings is 2. The highest BCUT2D eigenvalue weighted by molar-refractivity contribution is 7.07. The van der Waals surface area contributed by atoms with Crippen LogP contribution in [0.1, 0.15) is 5.56 Å². The van der Waals surface area contributed by atoms with Crippen molar-refractivity contribution in [2.45, 2.75) is 6.54 Å². The van der Waals surface area contributed by atoms with Crippen molar-refractivity contribution >= 4 is 17.0 Å². The van der Waals surface area contributed by atoms with Crippen molar-refractivity contribution in [3.63, 3.8) is 0 Å². The van der Waals surface area contributed by atoms with E-state index in [4.69, 9.17) is 0 Å². The van der Waals surface area contributed by atoms with Gasteiger partial charge in [0.25, 0.3) is 0 Å². The summed E-state index contributed by atoms with van der Waals surface area (Å²) in [5.41, 5.74) is 5.00. The predicted octanol–water partition coefficient (Wildman–Crippen LogP) is 5.03. The van der Waals surface area contributed by atoms with Gasteiger partial charge in [0, 0.05) is 17.8 Å². The summed E-state index contributed by atoms with van der Waals surface area (Å²) in [6, 6.07) is 21.1. The Balaban J connectivity index is 1.85. The molecule has 0 aliphatic carbocycles. The Kier molecular flexibility index (Phi) is 3.61. The topological polar surface area (TPSA) is 12.0 Å². The second kappa shape index (κ2) is 5.72. The SMILES string of the molecule is c1ccc(-c2ccccc2NCc2ccsc2)cc1. The van der Waals surface area contributed by atoms with Gasteiger partial charge < -0.3 is 5.32 Å². The number of hydrogen-bond acceptors (Lipinski definition) is 2.